The Morgan fingerprint density at radius 2 is 1.96 bits per heavy atom. The van der Waals surface area contributed by atoms with Crippen LogP contribution in [0.5, 0.6) is 0 Å². The molecule has 2 aromatic heterocycles. The van der Waals surface area contributed by atoms with Gasteiger partial charge >= 0.3 is 0 Å². The second-order valence-corrected chi connectivity index (χ2v) is 6.64. The second kappa shape index (κ2) is 6.91. The minimum Gasteiger partial charge on any atom is -0.394 e. The number of hydrazone groups is 1. The Balaban J connectivity index is 2.55. The standard InChI is InChI=1S/C14H25N11/c1-14(2,3)13-20-11(8-5-6-19-23-8)10(15)12(21-13)25(18)7-9(22-16)24(4)17/h5-6H,7,15-18H2,1-4H3,(H,19,23)/b22-9-. The molecule has 0 amide bonds. The van der Waals surface area contributed by atoms with Gasteiger partial charge in [0, 0.05) is 18.7 Å². The molecule has 0 saturated heterocycles. The van der Waals surface area contributed by atoms with Gasteiger partial charge in [0.15, 0.2) is 11.7 Å². The average Bonchev–Trinajstić information content (AvgIpc) is 3.05. The predicted molar refractivity (Wildman–Crippen MR) is 97.8 cm³/mol. The van der Waals surface area contributed by atoms with Gasteiger partial charge in [-0.15, -0.1) is 0 Å². The Hall–Kier alpha value is -2.92. The summed E-state index contributed by atoms with van der Waals surface area (Å²) in [5.41, 5.74) is 7.47. The van der Waals surface area contributed by atoms with E-state index in [1.165, 1.54) is 10.0 Å². The highest BCUT2D eigenvalue weighted by molar-refractivity contribution is 5.87. The average molecular weight is 347 g/mol. The number of amidine groups is 1. The smallest absolute Gasteiger partial charge is 0.170 e. The topological polar surface area (TPSA) is 177 Å². The quantitative estimate of drug-likeness (QED) is 0.211. The predicted octanol–water partition coefficient (Wildman–Crippen LogP) is -0.496. The summed E-state index contributed by atoms with van der Waals surface area (Å²) in [7, 11) is 1.61. The Labute approximate surface area is 146 Å². The van der Waals surface area contributed by atoms with E-state index in [-0.39, 0.29) is 12.0 Å². The van der Waals surface area contributed by atoms with E-state index in [2.05, 4.69) is 25.3 Å². The van der Waals surface area contributed by atoms with E-state index >= 15 is 0 Å². The van der Waals surface area contributed by atoms with Crippen molar-refractivity contribution in [1.82, 2.24) is 25.2 Å². The number of nitrogen functional groups attached to an aromatic ring is 1. The lowest BCUT2D eigenvalue weighted by Gasteiger charge is -2.26. The summed E-state index contributed by atoms with van der Waals surface area (Å²) in [6, 6.07) is 1.77. The number of hydrazine groups is 2. The molecule has 2 rings (SSSR count). The largest absolute Gasteiger partial charge is 0.394 e. The monoisotopic (exact) mass is 347 g/mol. The molecular formula is C14H25N11. The number of nitrogens with zero attached hydrogens (tertiary/aromatic N) is 6. The molecule has 0 radical (unpaired) electrons. The number of anilines is 2. The molecule has 0 aliphatic heterocycles. The van der Waals surface area contributed by atoms with Gasteiger partial charge in [-0.05, 0) is 6.07 Å². The van der Waals surface area contributed by atoms with Gasteiger partial charge in [0.2, 0.25) is 0 Å². The minimum atomic E-state index is -0.312. The molecular weight excluding hydrogens is 322 g/mol. The van der Waals surface area contributed by atoms with Gasteiger partial charge in [0.05, 0.1) is 12.2 Å². The number of likely N-dealkylation sites (N-methyl/N-ethyl adjacent to an activating group) is 1. The number of aromatic amines is 1. The fourth-order valence-electron chi connectivity index (χ4n) is 2.08. The Morgan fingerprint density at radius 3 is 2.44 bits per heavy atom. The van der Waals surface area contributed by atoms with E-state index in [9.17, 15) is 0 Å². The summed E-state index contributed by atoms with van der Waals surface area (Å²) in [6.45, 7) is 6.12. The van der Waals surface area contributed by atoms with Crippen molar-refractivity contribution in [2.24, 2.45) is 22.6 Å². The number of aromatic nitrogens is 4. The van der Waals surface area contributed by atoms with Gasteiger partial charge in [-0.1, -0.05) is 20.8 Å². The fourth-order valence-corrected chi connectivity index (χ4v) is 2.08. The summed E-state index contributed by atoms with van der Waals surface area (Å²) >= 11 is 0. The molecule has 11 nitrogen and oxygen atoms in total. The van der Waals surface area contributed by atoms with Crippen LogP contribution in [0.4, 0.5) is 11.5 Å². The van der Waals surface area contributed by atoms with E-state index in [4.69, 9.17) is 23.3 Å². The first-order valence-electron chi connectivity index (χ1n) is 7.60. The molecule has 0 unspecified atom stereocenters. The summed E-state index contributed by atoms with van der Waals surface area (Å²) in [5.74, 6) is 18.5. The van der Waals surface area contributed by atoms with Gasteiger partial charge in [0.25, 0.3) is 0 Å². The maximum atomic E-state index is 6.27. The first-order valence-corrected chi connectivity index (χ1v) is 7.60. The number of hydrogen-bond acceptors (Lipinski definition) is 9. The second-order valence-electron chi connectivity index (χ2n) is 6.64. The Morgan fingerprint density at radius 1 is 1.28 bits per heavy atom. The van der Waals surface area contributed by atoms with Crippen LogP contribution in [-0.2, 0) is 5.41 Å². The molecule has 0 bridgehead atoms. The third-order valence-electron chi connectivity index (χ3n) is 3.49. The van der Waals surface area contributed by atoms with Crippen LogP contribution in [0.2, 0.25) is 0 Å². The normalized spacial score (nSPS) is 12.3. The lowest BCUT2D eigenvalue weighted by molar-refractivity contribution is 0.524. The fraction of sp³-hybridized carbons (Fsp3) is 0.429. The van der Waals surface area contributed by atoms with Gasteiger partial charge < -0.3 is 11.6 Å². The van der Waals surface area contributed by atoms with Crippen LogP contribution in [0.25, 0.3) is 11.4 Å². The molecule has 9 N–H and O–H groups in total. The van der Waals surface area contributed by atoms with Crippen LogP contribution in [0.15, 0.2) is 17.4 Å². The van der Waals surface area contributed by atoms with E-state index in [0.29, 0.717) is 34.6 Å². The van der Waals surface area contributed by atoms with Gasteiger partial charge in [-0.3, -0.25) is 15.1 Å². The molecule has 0 fully saturated rings. The number of hydrogen-bond donors (Lipinski definition) is 5. The highest BCUT2D eigenvalue weighted by Crippen LogP contribution is 2.32. The van der Waals surface area contributed by atoms with Crippen LogP contribution in [0.3, 0.4) is 0 Å². The molecule has 2 aromatic rings. The lowest BCUT2D eigenvalue weighted by Crippen LogP contribution is -2.46. The summed E-state index contributed by atoms with van der Waals surface area (Å²) < 4.78 is 0. The maximum Gasteiger partial charge on any atom is 0.170 e. The van der Waals surface area contributed by atoms with Crippen molar-refractivity contribution in [3.05, 3.63) is 18.1 Å². The molecule has 0 aliphatic carbocycles. The van der Waals surface area contributed by atoms with E-state index in [0.717, 1.165) is 0 Å². The zero-order valence-corrected chi connectivity index (χ0v) is 14.9. The van der Waals surface area contributed by atoms with Crippen molar-refractivity contribution in [3.8, 4) is 11.4 Å². The number of H-pyrrole nitrogens is 1. The molecule has 0 aliphatic rings. The molecule has 0 aromatic carbocycles. The van der Waals surface area contributed by atoms with Gasteiger partial charge in [0.1, 0.15) is 17.2 Å². The lowest BCUT2D eigenvalue weighted by atomic mass is 9.95. The van der Waals surface area contributed by atoms with E-state index in [1.54, 1.807) is 19.3 Å². The van der Waals surface area contributed by atoms with Crippen LogP contribution >= 0.6 is 0 Å². The van der Waals surface area contributed by atoms with E-state index in [1.807, 2.05) is 20.8 Å². The maximum absolute atomic E-state index is 6.27. The van der Waals surface area contributed by atoms with Crippen LogP contribution in [-0.4, -0.2) is 44.6 Å². The number of rotatable bonds is 4. The minimum absolute atomic E-state index is 0.122. The molecule has 0 atom stereocenters. The first kappa shape index (κ1) is 18.4. The van der Waals surface area contributed by atoms with Crippen molar-refractivity contribution in [3.63, 3.8) is 0 Å². The molecule has 136 valence electrons. The third kappa shape index (κ3) is 3.95. The van der Waals surface area contributed by atoms with Gasteiger partial charge in [-0.2, -0.15) is 10.2 Å². The first-order chi connectivity index (χ1) is 11.6. The molecule has 11 heteroatoms. The summed E-state index contributed by atoms with van der Waals surface area (Å²) in [4.78, 5) is 9.12. The Bertz CT molecular complexity index is 743. The zero-order valence-electron chi connectivity index (χ0n) is 14.9. The van der Waals surface area contributed by atoms with Gasteiger partial charge in [-0.25, -0.2) is 21.7 Å². The van der Waals surface area contributed by atoms with E-state index < -0.39 is 0 Å². The zero-order chi connectivity index (χ0) is 18.8. The van der Waals surface area contributed by atoms with Crippen molar-refractivity contribution >= 4 is 17.3 Å². The van der Waals surface area contributed by atoms with Crippen molar-refractivity contribution in [1.29, 1.82) is 0 Å². The highest BCUT2D eigenvalue weighted by atomic mass is 15.5. The van der Waals surface area contributed by atoms with Crippen molar-refractivity contribution in [2.75, 3.05) is 24.3 Å². The van der Waals surface area contributed by atoms with Crippen molar-refractivity contribution in [2.45, 2.75) is 26.2 Å². The summed E-state index contributed by atoms with van der Waals surface area (Å²) in [5, 5.41) is 13.0. The summed E-state index contributed by atoms with van der Waals surface area (Å²) in [6.07, 6.45) is 1.62. The van der Waals surface area contributed by atoms with Crippen LogP contribution in [0.1, 0.15) is 26.6 Å². The van der Waals surface area contributed by atoms with Crippen molar-refractivity contribution < 1.29 is 0 Å². The molecule has 25 heavy (non-hydrogen) atoms. The molecule has 2 heterocycles. The van der Waals surface area contributed by atoms with Crippen LogP contribution < -0.4 is 28.3 Å². The number of nitrogens with one attached hydrogen (secondary N) is 1. The third-order valence-corrected chi connectivity index (χ3v) is 3.49. The SMILES string of the molecule is CN(N)/C(CN(N)c1nc(C(C)(C)C)nc(-c2ccn[nH]2)c1N)=N\N. The van der Waals surface area contributed by atoms with Crippen LogP contribution in [0, 0.1) is 0 Å². The number of nitrogens with two attached hydrogens (primary N) is 4. The highest BCUT2D eigenvalue weighted by Gasteiger charge is 2.25. The Kier molecular flexibility index (Phi) is 5.09. The molecule has 0 spiro atoms. The molecule has 0 saturated carbocycles.